The van der Waals surface area contributed by atoms with Crippen molar-refractivity contribution in [2.24, 2.45) is 16.5 Å². The molecular formula is C15H15N5. The molecule has 4 N–H and O–H groups in total. The van der Waals surface area contributed by atoms with Crippen molar-refractivity contribution in [2.45, 2.75) is 6.54 Å². The molecule has 0 saturated carbocycles. The average Bonchev–Trinajstić information content (AvgIpc) is 2.84. The highest BCUT2D eigenvalue weighted by atomic mass is 15.0. The minimum Gasteiger partial charge on any atom is -0.370 e. The highest BCUT2D eigenvalue weighted by Gasteiger charge is 2.01. The molecule has 0 aliphatic rings. The number of nitrogens with zero attached hydrogens (tertiary/aromatic N) is 3. The predicted molar refractivity (Wildman–Crippen MR) is 80.7 cm³/mol. The number of benzene rings is 1. The summed E-state index contributed by atoms with van der Waals surface area (Å²) in [5.74, 6) is 0.0710. The molecule has 5 nitrogen and oxygen atoms in total. The Morgan fingerprint density at radius 3 is 2.65 bits per heavy atom. The molecule has 3 aromatic rings. The first-order chi connectivity index (χ1) is 9.72. The van der Waals surface area contributed by atoms with Gasteiger partial charge >= 0.3 is 0 Å². The molecular weight excluding hydrogens is 250 g/mol. The summed E-state index contributed by atoms with van der Waals surface area (Å²) in [6, 6.07) is 11.9. The zero-order chi connectivity index (χ0) is 13.9. The lowest BCUT2D eigenvalue weighted by Crippen LogP contribution is -2.21. The van der Waals surface area contributed by atoms with E-state index in [2.05, 4.69) is 26.8 Å². The number of hydrogen-bond acceptors (Lipinski definition) is 2. The molecule has 2 heterocycles. The summed E-state index contributed by atoms with van der Waals surface area (Å²) in [5, 5.41) is 1.14. The zero-order valence-corrected chi connectivity index (χ0v) is 10.9. The van der Waals surface area contributed by atoms with E-state index in [1.807, 2.05) is 36.5 Å². The van der Waals surface area contributed by atoms with Crippen LogP contribution >= 0.6 is 0 Å². The second-order valence-electron chi connectivity index (χ2n) is 4.58. The van der Waals surface area contributed by atoms with Gasteiger partial charge in [-0.05, 0) is 29.8 Å². The molecule has 0 unspecified atom stereocenters. The lowest BCUT2D eigenvalue weighted by molar-refractivity contribution is 0.836. The van der Waals surface area contributed by atoms with Gasteiger partial charge in [0, 0.05) is 30.5 Å². The Morgan fingerprint density at radius 2 is 1.90 bits per heavy atom. The van der Waals surface area contributed by atoms with Crippen molar-refractivity contribution in [2.75, 3.05) is 0 Å². The summed E-state index contributed by atoms with van der Waals surface area (Å²) < 4.78 is 2.19. The number of nitrogens with two attached hydrogens (primary N) is 2. The quantitative estimate of drug-likeness (QED) is 0.561. The molecule has 0 amide bonds. The van der Waals surface area contributed by atoms with Crippen LogP contribution in [0.4, 0.5) is 5.69 Å². The van der Waals surface area contributed by atoms with Crippen molar-refractivity contribution < 1.29 is 0 Å². The Balaban J connectivity index is 1.86. The molecule has 2 aromatic heterocycles. The molecule has 20 heavy (non-hydrogen) atoms. The van der Waals surface area contributed by atoms with Crippen molar-refractivity contribution in [3.63, 3.8) is 0 Å². The van der Waals surface area contributed by atoms with Gasteiger partial charge < -0.3 is 16.0 Å². The van der Waals surface area contributed by atoms with E-state index in [1.54, 1.807) is 6.20 Å². The molecule has 100 valence electrons. The van der Waals surface area contributed by atoms with E-state index in [0.717, 1.165) is 17.6 Å². The van der Waals surface area contributed by atoms with E-state index in [0.29, 0.717) is 0 Å². The molecule has 0 saturated heterocycles. The Bertz CT molecular complexity index is 751. The van der Waals surface area contributed by atoms with Gasteiger partial charge in [0.2, 0.25) is 0 Å². The van der Waals surface area contributed by atoms with E-state index in [9.17, 15) is 0 Å². The fraction of sp³-hybridized carbons (Fsp3) is 0.0667. The van der Waals surface area contributed by atoms with Crippen LogP contribution in [0, 0.1) is 0 Å². The van der Waals surface area contributed by atoms with E-state index in [4.69, 9.17) is 11.5 Å². The van der Waals surface area contributed by atoms with Crippen LogP contribution in [0.15, 0.2) is 60.0 Å². The summed E-state index contributed by atoms with van der Waals surface area (Å²) in [7, 11) is 0. The normalized spacial score (nSPS) is 10.6. The minimum atomic E-state index is 0.0710. The number of hydrogen-bond donors (Lipinski definition) is 2. The van der Waals surface area contributed by atoms with Gasteiger partial charge in [-0.15, -0.1) is 0 Å². The maximum Gasteiger partial charge on any atom is 0.191 e. The van der Waals surface area contributed by atoms with Crippen LogP contribution in [-0.4, -0.2) is 15.5 Å². The summed E-state index contributed by atoms with van der Waals surface area (Å²) in [6.45, 7) is 0.801. The summed E-state index contributed by atoms with van der Waals surface area (Å²) in [6.07, 6.45) is 5.74. The standard InChI is InChI=1S/C15H15N5/c16-15(17)19-13-3-1-11(2-4-13)10-20-8-6-12-9-18-7-5-14(12)20/h1-9H,10H2,(H4,16,17,19). The van der Waals surface area contributed by atoms with Crippen LogP contribution in [0.25, 0.3) is 10.9 Å². The average molecular weight is 265 g/mol. The van der Waals surface area contributed by atoms with E-state index in [1.165, 1.54) is 11.1 Å². The van der Waals surface area contributed by atoms with Crippen molar-refractivity contribution in [1.82, 2.24) is 9.55 Å². The number of fused-ring (bicyclic) bond motifs is 1. The van der Waals surface area contributed by atoms with Gasteiger partial charge in [-0.2, -0.15) is 0 Å². The maximum absolute atomic E-state index is 5.35. The van der Waals surface area contributed by atoms with Crippen LogP contribution in [0.3, 0.4) is 0 Å². The third-order valence-electron chi connectivity index (χ3n) is 3.12. The lowest BCUT2D eigenvalue weighted by atomic mass is 10.2. The fourth-order valence-corrected chi connectivity index (χ4v) is 2.20. The van der Waals surface area contributed by atoms with Crippen LogP contribution in [-0.2, 0) is 6.54 Å². The van der Waals surface area contributed by atoms with Gasteiger partial charge in [0.15, 0.2) is 5.96 Å². The van der Waals surface area contributed by atoms with Gasteiger partial charge in [-0.25, -0.2) is 4.99 Å². The number of pyridine rings is 1. The number of guanidine groups is 1. The van der Waals surface area contributed by atoms with Crippen LogP contribution < -0.4 is 11.5 Å². The number of rotatable bonds is 3. The molecule has 0 atom stereocenters. The lowest BCUT2D eigenvalue weighted by Gasteiger charge is -2.06. The van der Waals surface area contributed by atoms with Gasteiger partial charge in [-0.3, -0.25) is 4.98 Å². The second-order valence-corrected chi connectivity index (χ2v) is 4.58. The monoisotopic (exact) mass is 265 g/mol. The fourth-order valence-electron chi connectivity index (χ4n) is 2.20. The molecule has 0 radical (unpaired) electrons. The maximum atomic E-state index is 5.35. The van der Waals surface area contributed by atoms with E-state index in [-0.39, 0.29) is 5.96 Å². The Kier molecular flexibility index (Phi) is 3.09. The Hall–Kier alpha value is -2.82. The van der Waals surface area contributed by atoms with Gasteiger partial charge in [0.1, 0.15) is 0 Å². The van der Waals surface area contributed by atoms with Gasteiger partial charge in [0.05, 0.1) is 11.2 Å². The largest absolute Gasteiger partial charge is 0.370 e. The number of aromatic nitrogens is 2. The smallest absolute Gasteiger partial charge is 0.191 e. The summed E-state index contributed by atoms with van der Waals surface area (Å²) >= 11 is 0. The van der Waals surface area contributed by atoms with Crippen molar-refractivity contribution in [3.05, 3.63) is 60.6 Å². The van der Waals surface area contributed by atoms with Gasteiger partial charge in [0.25, 0.3) is 0 Å². The molecule has 0 fully saturated rings. The first kappa shape index (κ1) is 12.2. The first-order valence-corrected chi connectivity index (χ1v) is 6.30. The summed E-state index contributed by atoms with van der Waals surface area (Å²) in [5.41, 5.74) is 13.8. The van der Waals surface area contributed by atoms with Crippen molar-refractivity contribution in [3.8, 4) is 0 Å². The molecule has 5 heteroatoms. The van der Waals surface area contributed by atoms with E-state index >= 15 is 0 Å². The van der Waals surface area contributed by atoms with Gasteiger partial charge in [-0.1, -0.05) is 12.1 Å². The molecule has 3 rings (SSSR count). The Labute approximate surface area is 116 Å². The molecule has 1 aromatic carbocycles. The summed E-state index contributed by atoms with van der Waals surface area (Å²) in [4.78, 5) is 8.13. The van der Waals surface area contributed by atoms with Crippen molar-refractivity contribution in [1.29, 1.82) is 0 Å². The second kappa shape index (κ2) is 5.05. The minimum absolute atomic E-state index is 0.0710. The van der Waals surface area contributed by atoms with Crippen LogP contribution in [0.5, 0.6) is 0 Å². The number of aliphatic imine (C=N–C) groups is 1. The first-order valence-electron chi connectivity index (χ1n) is 6.30. The molecule has 0 spiro atoms. The highest BCUT2D eigenvalue weighted by Crippen LogP contribution is 2.17. The van der Waals surface area contributed by atoms with Crippen LogP contribution in [0.2, 0.25) is 0 Å². The molecule has 0 bridgehead atoms. The van der Waals surface area contributed by atoms with Crippen molar-refractivity contribution >= 4 is 22.5 Å². The van der Waals surface area contributed by atoms with E-state index < -0.39 is 0 Å². The topological polar surface area (TPSA) is 82.2 Å². The molecule has 0 aliphatic carbocycles. The zero-order valence-electron chi connectivity index (χ0n) is 10.9. The highest BCUT2D eigenvalue weighted by molar-refractivity contribution is 5.79. The van der Waals surface area contributed by atoms with Crippen LogP contribution in [0.1, 0.15) is 5.56 Å². The third kappa shape index (κ3) is 2.47. The Morgan fingerprint density at radius 1 is 1.10 bits per heavy atom. The third-order valence-corrected chi connectivity index (χ3v) is 3.12. The SMILES string of the molecule is NC(N)=Nc1ccc(Cn2ccc3cnccc32)cc1. The predicted octanol–water partition coefficient (Wildman–Crippen LogP) is 1.99. The molecule has 0 aliphatic heterocycles.